The molecule has 0 aliphatic heterocycles. The van der Waals surface area contributed by atoms with Gasteiger partial charge in [-0.1, -0.05) is 17.4 Å². The van der Waals surface area contributed by atoms with Crippen LogP contribution < -0.4 is 5.32 Å². The molecule has 0 aliphatic carbocycles. The monoisotopic (exact) mass is 244 g/mol. The van der Waals surface area contributed by atoms with E-state index in [4.69, 9.17) is 0 Å². The van der Waals surface area contributed by atoms with Gasteiger partial charge in [0.25, 0.3) is 0 Å². The predicted octanol–water partition coefficient (Wildman–Crippen LogP) is 2.81. The van der Waals surface area contributed by atoms with E-state index in [0.717, 1.165) is 27.0 Å². The van der Waals surface area contributed by atoms with Crippen molar-refractivity contribution in [3.63, 3.8) is 0 Å². The zero-order chi connectivity index (χ0) is 11.8. The Morgan fingerprint density at radius 3 is 3.00 bits per heavy atom. The molecule has 86 valence electrons. The van der Waals surface area contributed by atoms with Gasteiger partial charge in [0.15, 0.2) is 5.13 Å². The van der Waals surface area contributed by atoms with Gasteiger partial charge in [-0.15, -0.1) is 0 Å². The molecule has 0 saturated heterocycles. The van der Waals surface area contributed by atoms with Gasteiger partial charge in [-0.25, -0.2) is 9.97 Å². The summed E-state index contributed by atoms with van der Waals surface area (Å²) in [7, 11) is 1.88. The number of anilines is 1. The quantitative estimate of drug-likeness (QED) is 0.753. The fourth-order valence-electron chi connectivity index (χ4n) is 1.91. The van der Waals surface area contributed by atoms with Crippen molar-refractivity contribution in [2.24, 2.45) is 0 Å². The van der Waals surface area contributed by atoms with Crippen LogP contribution in [0.15, 0.2) is 30.6 Å². The van der Waals surface area contributed by atoms with E-state index in [-0.39, 0.29) is 0 Å². The Balaban J connectivity index is 2.25. The maximum absolute atomic E-state index is 4.55. The Kier molecular flexibility index (Phi) is 2.33. The standard InChI is InChI=1S/C12H12N4S/c1-8-11(9-7-14-12(13-2)17-9)16-6-4-3-5-10(16)15-8/h3-7H,1-2H3,(H,13,14). The van der Waals surface area contributed by atoms with Gasteiger partial charge in [0.2, 0.25) is 0 Å². The average molecular weight is 244 g/mol. The summed E-state index contributed by atoms with van der Waals surface area (Å²) in [6, 6.07) is 6.02. The zero-order valence-corrected chi connectivity index (χ0v) is 10.5. The number of fused-ring (bicyclic) bond motifs is 1. The number of thiazole rings is 1. The van der Waals surface area contributed by atoms with Crippen molar-refractivity contribution in [3.05, 3.63) is 36.3 Å². The molecule has 3 heterocycles. The Morgan fingerprint density at radius 2 is 2.24 bits per heavy atom. The molecule has 3 rings (SSSR count). The molecule has 5 heteroatoms. The molecule has 3 aromatic rings. The average Bonchev–Trinajstić information content (AvgIpc) is 2.91. The first-order valence-electron chi connectivity index (χ1n) is 5.37. The lowest BCUT2D eigenvalue weighted by Gasteiger charge is -1.98. The summed E-state index contributed by atoms with van der Waals surface area (Å²) in [6.45, 7) is 2.03. The molecular formula is C12H12N4S. The van der Waals surface area contributed by atoms with Crippen molar-refractivity contribution < 1.29 is 0 Å². The van der Waals surface area contributed by atoms with Crippen LogP contribution in [0.5, 0.6) is 0 Å². The molecule has 3 aromatic heterocycles. The summed E-state index contributed by atoms with van der Waals surface area (Å²) in [5, 5.41) is 3.98. The molecule has 4 nitrogen and oxygen atoms in total. The van der Waals surface area contributed by atoms with Crippen LogP contribution >= 0.6 is 11.3 Å². The van der Waals surface area contributed by atoms with Crippen LogP contribution in [0.1, 0.15) is 5.69 Å². The van der Waals surface area contributed by atoms with Gasteiger partial charge < -0.3 is 5.32 Å². The molecule has 0 radical (unpaired) electrons. The summed E-state index contributed by atoms with van der Waals surface area (Å²) in [5.74, 6) is 0. The first-order chi connectivity index (χ1) is 8.29. The number of nitrogens with zero attached hydrogens (tertiary/aromatic N) is 3. The number of pyridine rings is 1. The van der Waals surface area contributed by atoms with E-state index in [0.29, 0.717) is 0 Å². The van der Waals surface area contributed by atoms with Crippen molar-refractivity contribution >= 4 is 22.1 Å². The number of aromatic nitrogens is 3. The maximum Gasteiger partial charge on any atom is 0.182 e. The summed E-state index contributed by atoms with van der Waals surface area (Å²) in [4.78, 5) is 9.98. The molecule has 1 N–H and O–H groups in total. The molecule has 0 unspecified atom stereocenters. The van der Waals surface area contributed by atoms with E-state index in [1.807, 2.05) is 44.6 Å². The van der Waals surface area contributed by atoms with Crippen molar-refractivity contribution in [3.8, 4) is 10.6 Å². The number of hydrogen-bond acceptors (Lipinski definition) is 4. The predicted molar refractivity (Wildman–Crippen MR) is 70.6 cm³/mol. The van der Waals surface area contributed by atoms with E-state index < -0.39 is 0 Å². The molecule has 0 bridgehead atoms. The molecule has 0 saturated carbocycles. The van der Waals surface area contributed by atoms with Crippen molar-refractivity contribution in [2.45, 2.75) is 6.92 Å². The minimum Gasteiger partial charge on any atom is -0.365 e. The van der Waals surface area contributed by atoms with Gasteiger partial charge in [0.05, 0.1) is 16.3 Å². The Bertz CT molecular complexity index is 668. The fraction of sp³-hybridized carbons (Fsp3) is 0.167. The minimum atomic E-state index is 0.922. The molecule has 17 heavy (non-hydrogen) atoms. The van der Waals surface area contributed by atoms with Gasteiger partial charge in [-0.3, -0.25) is 4.40 Å². The number of aryl methyl sites for hydroxylation is 1. The number of rotatable bonds is 2. The lowest BCUT2D eigenvalue weighted by Crippen LogP contribution is -1.85. The highest BCUT2D eigenvalue weighted by Gasteiger charge is 2.12. The van der Waals surface area contributed by atoms with Gasteiger partial charge in [-0.2, -0.15) is 0 Å². The summed E-state index contributed by atoms with van der Waals surface area (Å²) >= 11 is 1.64. The molecule has 0 amide bonds. The lowest BCUT2D eigenvalue weighted by atomic mass is 10.3. The van der Waals surface area contributed by atoms with Crippen LogP contribution in [0.2, 0.25) is 0 Å². The number of imidazole rings is 1. The first kappa shape index (κ1) is 10.3. The molecule has 0 fully saturated rings. The molecule has 0 aliphatic rings. The third-order valence-corrected chi connectivity index (χ3v) is 3.68. The highest BCUT2D eigenvalue weighted by molar-refractivity contribution is 7.18. The molecule has 0 aromatic carbocycles. The van der Waals surface area contributed by atoms with Crippen molar-refractivity contribution in [1.29, 1.82) is 0 Å². The Labute approximate surface area is 103 Å². The first-order valence-corrected chi connectivity index (χ1v) is 6.19. The Hall–Kier alpha value is -1.88. The fourth-order valence-corrected chi connectivity index (χ4v) is 2.77. The van der Waals surface area contributed by atoms with Crippen LogP contribution in [0, 0.1) is 6.92 Å². The highest BCUT2D eigenvalue weighted by Crippen LogP contribution is 2.31. The lowest BCUT2D eigenvalue weighted by molar-refractivity contribution is 1.19. The zero-order valence-electron chi connectivity index (χ0n) is 9.64. The van der Waals surface area contributed by atoms with Crippen LogP contribution in [0.4, 0.5) is 5.13 Å². The largest absolute Gasteiger partial charge is 0.365 e. The maximum atomic E-state index is 4.55. The summed E-state index contributed by atoms with van der Waals surface area (Å²) in [6.07, 6.45) is 3.92. The molecule has 0 atom stereocenters. The normalized spacial score (nSPS) is 10.9. The van der Waals surface area contributed by atoms with E-state index in [9.17, 15) is 0 Å². The summed E-state index contributed by atoms with van der Waals surface area (Å²) in [5.41, 5.74) is 3.13. The third-order valence-electron chi connectivity index (χ3n) is 2.66. The summed E-state index contributed by atoms with van der Waals surface area (Å²) < 4.78 is 2.10. The molecule has 0 spiro atoms. The van der Waals surface area contributed by atoms with Crippen molar-refractivity contribution in [2.75, 3.05) is 12.4 Å². The van der Waals surface area contributed by atoms with Crippen LogP contribution in [0.25, 0.3) is 16.2 Å². The van der Waals surface area contributed by atoms with Gasteiger partial charge in [0, 0.05) is 19.4 Å². The van der Waals surface area contributed by atoms with E-state index in [1.54, 1.807) is 11.3 Å². The van der Waals surface area contributed by atoms with E-state index in [2.05, 4.69) is 19.7 Å². The highest BCUT2D eigenvalue weighted by atomic mass is 32.1. The van der Waals surface area contributed by atoms with Gasteiger partial charge in [0.1, 0.15) is 5.65 Å². The number of hydrogen-bond donors (Lipinski definition) is 1. The SMILES string of the molecule is CNc1ncc(-c2c(C)nc3ccccn23)s1. The van der Waals surface area contributed by atoms with Gasteiger partial charge in [-0.05, 0) is 19.1 Å². The van der Waals surface area contributed by atoms with Crippen LogP contribution in [-0.4, -0.2) is 21.4 Å². The van der Waals surface area contributed by atoms with Crippen molar-refractivity contribution in [1.82, 2.24) is 14.4 Å². The van der Waals surface area contributed by atoms with Gasteiger partial charge >= 0.3 is 0 Å². The smallest absolute Gasteiger partial charge is 0.182 e. The van der Waals surface area contributed by atoms with Crippen LogP contribution in [-0.2, 0) is 0 Å². The minimum absolute atomic E-state index is 0.922. The Morgan fingerprint density at radius 1 is 1.35 bits per heavy atom. The number of nitrogens with one attached hydrogen (secondary N) is 1. The van der Waals surface area contributed by atoms with E-state index >= 15 is 0 Å². The van der Waals surface area contributed by atoms with Crippen LogP contribution in [0.3, 0.4) is 0 Å². The topological polar surface area (TPSA) is 42.2 Å². The second kappa shape index (κ2) is 3.85. The second-order valence-electron chi connectivity index (χ2n) is 3.75. The second-order valence-corrected chi connectivity index (χ2v) is 4.78. The third kappa shape index (κ3) is 1.59. The molecular weight excluding hydrogens is 232 g/mol. The van der Waals surface area contributed by atoms with E-state index in [1.165, 1.54) is 0 Å².